The molecule has 0 amide bonds. The topological polar surface area (TPSA) is 52.6 Å². The fourth-order valence-corrected chi connectivity index (χ4v) is 2.99. The molecule has 0 radical (unpaired) electrons. The number of carbonyl (C=O) groups is 1. The Morgan fingerprint density at radius 1 is 1.41 bits per heavy atom. The van der Waals surface area contributed by atoms with Crippen LogP contribution in [0, 0.1) is 0 Å². The van der Waals surface area contributed by atoms with E-state index >= 15 is 0 Å². The minimum absolute atomic E-state index is 0.538. The Hall–Kier alpha value is -1.55. The highest BCUT2D eigenvalue weighted by Gasteiger charge is 2.48. The summed E-state index contributed by atoms with van der Waals surface area (Å²) in [6.07, 6.45) is 1.63. The fourth-order valence-electron chi connectivity index (χ4n) is 2.99. The number of aliphatic carboxylic acids is 1. The summed E-state index contributed by atoms with van der Waals surface area (Å²) < 4.78 is 0. The number of fused-ring (bicyclic) bond motifs is 1. The zero-order valence-electron chi connectivity index (χ0n) is 9.65. The number of para-hydroxylation sites is 1. The molecule has 17 heavy (non-hydrogen) atoms. The van der Waals surface area contributed by atoms with Gasteiger partial charge in [-0.3, -0.25) is 0 Å². The van der Waals surface area contributed by atoms with Crippen LogP contribution < -0.4 is 10.2 Å². The average Bonchev–Trinajstić information content (AvgIpc) is 2.95. The first-order valence-electron chi connectivity index (χ1n) is 6.04. The first-order chi connectivity index (χ1) is 8.24. The van der Waals surface area contributed by atoms with E-state index in [4.69, 9.17) is 0 Å². The van der Waals surface area contributed by atoms with Gasteiger partial charge < -0.3 is 15.3 Å². The Labute approximate surface area is 100 Å². The molecule has 90 valence electrons. The minimum Gasteiger partial charge on any atom is -0.479 e. The molecule has 1 aromatic rings. The van der Waals surface area contributed by atoms with Crippen molar-refractivity contribution >= 4 is 11.7 Å². The minimum atomic E-state index is -0.743. The van der Waals surface area contributed by atoms with E-state index in [9.17, 15) is 9.90 Å². The van der Waals surface area contributed by atoms with Crippen molar-refractivity contribution in [2.45, 2.75) is 18.4 Å². The van der Waals surface area contributed by atoms with Gasteiger partial charge in [-0.25, -0.2) is 4.79 Å². The van der Waals surface area contributed by atoms with Crippen LogP contribution in [0.2, 0.25) is 0 Å². The zero-order valence-corrected chi connectivity index (χ0v) is 9.65. The second-order valence-corrected chi connectivity index (χ2v) is 4.79. The predicted octanol–water partition coefficient (Wildman–Crippen LogP) is 0.866. The maximum atomic E-state index is 11.6. The normalized spacial score (nSPS) is 27.2. The lowest BCUT2D eigenvalue weighted by Gasteiger charge is -2.36. The number of anilines is 1. The van der Waals surface area contributed by atoms with Crippen molar-refractivity contribution in [3.8, 4) is 0 Å². The number of rotatable bonds is 2. The van der Waals surface area contributed by atoms with Crippen LogP contribution in [-0.4, -0.2) is 36.2 Å². The smallest absolute Gasteiger partial charge is 0.330 e. The van der Waals surface area contributed by atoms with E-state index in [1.54, 1.807) is 0 Å². The van der Waals surface area contributed by atoms with Crippen molar-refractivity contribution in [2.75, 3.05) is 24.5 Å². The Morgan fingerprint density at radius 2 is 2.24 bits per heavy atom. The molecule has 4 heteroatoms. The second kappa shape index (κ2) is 3.74. The van der Waals surface area contributed by atoms with Gasteiger partial charge >= 0.3 is 5.97 Å². The summed E-state index contributed by atoms with van der Waals surface area (Å²) in [5, 5.41) is 12.7. The largest absolute Gasteiger partial charge is 0.479 e. The summed E-state index contributed by atoms with van der Waals surface area (Å²) in [7, 11) is 0. The van der Waals surface area contributed by atoms with Crippen molar-refractivity contribution in [1.82, 2.24) is 5.32 Å². The van der Waals surface area contributed by atoms with Crippen LogP contribution in [-0.2, 0) is 11.2 Å². The molecule has 1 saturated heterocycles. The van der Waals surface area contributed by atoms with Gasteiger partial charge in [-0.15, -0.1) is 0 Å². The van der Waals surface area contributed by atoms with E-state index < -0.39 is 11.5 Å². The molecule has 2 aliphatic heterocycles. The molecule has 0 aromatic heterocycles. The van der Waals surface area contributed by atoms with E-state index in [1.165, 1.54) is 5.56 Å². The van der Waals surface area contributed by atoms with Crippen molar-refractivity contribution in [3.05, 3.63) is 29.8 Å². The molecule has 4 nitrogen and oxygen atoms in total. The summed E-state index contributed by atoms with van der Waals surface area (Å²) in [5.41, 5.74) is 1.62. The van der Waals surface area contributed by atoms with Crippen LogP contribution in [0.3, 0.4) is 0 Å². The molecule has 0 spiro atoms. The van der Waals surface area contributed by atoms with E-state index in [2.05, 4.69) is 16.3 Å². The Balaban J connectivity index is 2.02. The maximum absolute atomic E-state index is 11.6. The highest BCUT2D eigenvalue weighted by Crippen LogP contribution is 2.36. The number of benzene rings is 1. The summed E-state index contributed by atoms with van der Waals surface area (Å²) in [4.78, 5) is 13.7. The SMILES string of the molecule is O=C(O)C1(N2CCc3ccccc32)CCNC1. The van der Waals surface area contributed by atoms with Crippen LogP contribution in [0.4, 0.5) is 5.69 Å². The third-order valence-corrected chi connectivity index (χ3v) is 3.93. The molecule has 0 bridgehead atoms. The molecule has 1 aromatic carbocycles. The molecule has 0 saturated carbocycles. The van der Waals surface area contributed by atoms with Gasteiger partial charge in [-0.05, 0) is 31.0 Å². The molecule has 2 N–H and O–H groups in total. The summed E-state index contributed by atoms with van der Waals surface area (Å²) in [6.45, 7) is 2.13. The predicted molar refractivity (Wildman–Crippen MR) is 65.3 cm³/mol. The van der Waals surface area contributed by atoms with Crippen LogP contribution >= 0.6 is 0 Å². The lowest BCUT2D eigenvalue weighted by Crippen LogP contribution is -2.56. The molecule has 3 rings (SSSR count). The third-order valence-electron chi connectivity index (χ3n) is 3.93. The lowest BCUT2D eigenvalue weighted by molar-refractivity contribution is -0.142. The first kappa shape index (κ1) is 10.6. The molecular weight excluding hydrogens is 216 g/mol. The van der Waals surface area contributed by atoms with Crippen LogP contribution in [0.1, 0.15) is 12.0 Å². The quantitative estimate of drug-likeness (QED) is 0.794. The van der Waals surface area contributed by atoms with Gasteiger partial charge in [0.15, 0.2) is 5.54 Å². The first-order valence-corrected chi connectivity index (χ1v) is 6.04. The number of hydrogen-bond donors (Lipinski definition) is 2. The van der Waals surface area contributed by atoms with Crippen molar-refractivity contribution in [1.29, 1.82) is 0 Å². The molecule has 2 heterocycles. The van der Waals surface area contributed by atoms with Crippen LogP contribution in [0.15, 0.2) is 24.3 Å². The highest BCUT2D eigenvalue weighted by atomic mass is 16.4. The van der Waals surface area contributed by atoms with Gasteiger partial charge in [0.25, 0.3) is 0 Å². The van der Waals surface area contributed by atoms with Gasteiger partial charge in [0.2, 0.25) is 0 Å². The van der Waals surface area contributed by atoms with Crippen molar-refractivity contribution in [3.63, 3.8) is 0 Å². The fraction of sp³-hybridized carbons (Fsp3) is 0.462. The van der Waals surface area contributed by atoms with E-state index in [0.717, 1.165) is 25.2 Å². The monoisotopic (exact) mass is 232 g/mol. The van der Waals surface area contributed by atoms with Gasteiger partial charge in [0.1, 0.15) is 0 Å². The third kappa shape index (κ3) is 1.44. The van der Waals surface area contributed by atoms with Crippen molar-refractivity contribution in [2.24, 2.45) is 0 Å². The standard InChI is InChI=1S/C13H16N2O2/c16-12(17)13(6-7-14-9-13)15-8-5-10-3-1-2-4-11(10)15/h1-4,14H,5-9H2,(H,16,17). The van der Waals surface area contributed by atoms with E-state index in [1.807, 2.05) is 18.2 Å². The van der Waals surface area contributed by atoms with Crippen LogP contribution in [0.5, 0.6) is 0 Å². The highest BCUT2D eigenvalue weighted by molar-refractivity contribution is 5.85. The van der Waals surface area contributed by atoms with E-state index in [0.29, 0.717) is 13.0 Å². The Bertz CT molecular complexity index is 452. The molecular formula is C13H16N2O2. The number of hydrogen-bond acceptors (Lipinski definition) is 3. The Morgan fingerprint density at radius 3 is 2.94 bits per heavy atom. The molecule has 0 aliphatic carbocycles. The number of nitrogens with one attached hydrogen (secondary N) is 1. The number of carboxylic acid groups (broad SMARTS) is 1. The van der Waals surface area contributed by atoms with Gasteiger partial charge in [0, 0.05) is 18.8 Å². The Kier molecular flexibility index (Phi) is 2.33. The van der Waals surface area contributed by atoms with Crippen molar-refractivity contribution < 1.29 is 9.90 Å². The van der Waals surface area contributed by atoms with E-state index in [-0.39, 0.29) is 0 Å². The maximum Gasteiger partial charge on any atom is 0.330 e. The number of nitrogens with zero attached hydrogens (tertiary/aromatic N) is 1. The zero-order chi connectivity index (χ0) is 11.9. The summed E-state index contributed by atoms with van der Waals surface area (Å²) in [5.74, 6) is -0.709. The number of carboxylic acids is 1. The van der Waals surface area contributed by atoms with Gasteiger partial charge in [-0.1, -0.05) is 18.2 Å². The summed E-state index contributed by atoms with van der Waals surface area (Å²) in [6, 6.07) is 8.12. The average molecular weight is 232 g/mol. The van der Waals surface area contributed by atoms with Gasteiger partial charge in [0.05, 0.1) is 0 Å². The molecule has 1 atom stereocenters. The molecule has 2 aliphatic rings. The summed E-state index contributed by atoms with van der Waals surface area (Å²) >= 11 is 0. The second-order valence-electron chi connectivity index (χ2n) is 4.79. The van der Waals surface area contributed by atoms with Crippen LogP contribution in [0.25, 0.3) is 0 Å². The van der Waals surface area contributed by atoms with Gasteiger partial charge in [-0.2, -0.15) is 0 Å². The molecule has 1 unspecified atom stereocenters. The molecule has 1 fully saturated rings. The lowest BCUT2D eigenvalue weighted by atomic mass is 9.96.